The van der Waals surface area contributed by atoms with Crippen LogP contribution >= 0.6 is 22.9 Å². The van der Waals surface area contributed by atoms with Crippen LogP contribution in [0.4, 0.5) is 5.69 Å². The highest BCUT2D eigenvalue weighted by Crippen LogP contribution is 2.20. The fourth-order valence-electron chi connectivity index (χ4n) is 2.14. The van der Waals surface area contributed by atoms with Crippen LogP contribution in [0.5, 0.6) is 0 Å². The van der Waals surface area contributed by atoms with E-state index >= 15 is 0 Å². The molecular weight excluding hydrogens is 332 g/mol. The molecule has 0 fully saturated rings. The Balaban J connectivity index is 1.94. The number of ketones is 1. The zero-order chi connectivity index (χ0) is 17.0. The molecule has 0 aliphatic rings. The molecule has 0 spiro atoms. The number of carbonyl (C=O) groups excluding carboxylic acids is 2. The number of hydrogen-bond donors (Lipinski definition) is 2. The Morgan fingerprint density at radius 2 is 1.87 bits per heavy atom. The van der Waals surface area contributed by atoms with E-state index in [4.69, 9.17) is 11.6 Å². The van der Waals surface area contributed by atoms with Crippen LogP contribution in [0, 0.1) is 0 Å². The highest BCUT2D eigenvalue weighted by molar-refractivity contribution is 7.16. The third-order valence-electron chi connectivity index (χ3n) is 3.77. The Morgan fingerprint density at radius 3 is 2.39 bits per heavy atom. The van der Waals surface area contributed by atoms with Gasteiger partial charge < -0.3 is 10.2 Å². The van der Waals surface area contributed by atoms with E-state index in [1.807, 2.05) is 26.1 Å². The quantitative estimate of drug-likeness (QED) is 0.786. The van der Waals surface area contributed by atoms with Gasteiger partial charge in [0, 0.05) is 11.3 Å². The first kappa shape index (κ1) is 17.7. The molecule has 1 aromatic carbocycles. The molecule has 6 heteroatoms. The first-order valence-corrected chi connectivity index (χ1v) is 8.54. The number of quaternary nitrogens is 1. The van der Waals surface area contributed by atoms with Crippen LogP contribution in [0.3, 0.4) is 0 Å². The molecule has 1 unspecified atom stereocenters. The van der Waals surface area contributed by atoms with E-state index in [0.717, 1.165) is 20.7 Å². The molecule has 1 amide bonds. The number of rotatable bonds is 6. The van der Waals surface area contributed by atoms with Crippen LogP contribution in [-0.4, -0.2) is 24.8 Å². The van der Waals surface area contributed by atoms with Gasteiger partial charge in [-0.1, -0.05) is 11.6 Å². The van der Waals surface area contributed by atoms with Crippen molar-refractivity contribution in [3.8, 4) is 0 Å². The molecule has 0 aliphatic carbocycles. The highest BCUT2D eigenvalue weighted by Gasteiger charge is 2.22. The molecule has 23 heavy (non-hydrogen) atoms. The average molecular weight is 352 g/mol. The molecule has 1 aromatic heterocycles. The van der Waals surface area contributed by atoms with Gasteiger partial charge in [-0.25, -0.2) is 0 Å². The molecular formula is C17H20ClN2O2S+. The molecule has 0 radical (unpaired) electrons. The molecule has 2 N–H and O–H groups in total. The van der Waals surface area contributed by atoms with Gasteiger partial charge in [-0.2, -0.15) is 0 Å². The second kappa shape index (κ2) is 7.73. The van der Waals surface area contributed by atoms with Crippen LogP contribution in [0.15, 0.2) is 36.4 Å². The van der Waals surface area contributed by atoms with Gasteiger partial charge in [-0.3, -0.25) is 9.59 Å². The molecule has 1 heterocycles. The number of likely N-dealkylation sites (N-methyl/N-ethyl adjacent to an activating group) is 1. The largest absolute Gasteiger partial charge is 0.323 e. The summed E-state index contributed by atoms with van der Waals surface area (Å²) in [6.07, 6.45) is 0. The minimum atomic E-state index is -0.205. The Labute approximate surface area is 145 Å². The second-order valence-electron chi connectivity index (χ2n) is 5.57. The summed E-state index contributed by atoms with van der Waals surface area (Å²) in [7, 11) is 1.98. The van der Waals surface area contributed by atoms with Crippen molar-refractivity contribution in [1.29, 1.82) is 0 Å². The number of benzene rings is 1. The highest BCUT2D eigenvalue weighted by atomic mass is 35.5. The van der Waals surface area contributed by atoms with Crippen molar-refractivity contribution in [3.63, 3.8) is 0 Å². The van der Waals surface area contributed by atoms with E-state index in [1.54, 1.807) is 24.3 Å². The van der Waals surface area contributed by atoms with Crippen molar-refractivity contribution in [2.45, 2.75) is 26.4 Å². The Kier molecular flexibility index (Phi) is 5.93. The van der Waals surface area contributed by atoms with Gasteiger partial charge in [0.1, 0.15) is 6.54 Å². The lowest BCUT2D eigenvalue weighted by Crippen LogP contribution is -3.12. The molecule has 0 bridgehead atoms. The van der Waals surface area contributed by atoms with Crippen LogP contribution in [0.25, 0.3) is 0 Å². The molecule has 0 saturated carbocycles. The summed E-state index contributed by atoms with van der Waals surface area (Å²) in [5.74, 6) is -0.0456. The lowest BCUT2D eigenvalue weighted by atomic mass is 10.1. The summed E-state index contributed by atoms with van der Waals surface area (Å²) in [5.41, 5.74) is 1.33. The number of halogens is 1. The SMILES string of the molecule is CC(=O)c1ccc(NC(=O)[C@H](C)[NH+](C)Cc2ccc(Cl)s2)cc1. The lowest BCUT2D eigenvalue weighted by molar-refractivity contribution is -0.907. The summed E-state index contributed by atoms with van der Waals surface area (Å²) in [6, 6.07) is 10.6. The zero-order valence-electron chi connectivity index (χ0n) is 13.4. The number of Topliss-reactive ketones (excluding diaryl/α,β-unsaturated/α-hetero) is 1. The topological polar surface area (TPSA) is 50.6 Å². The maximum absolute atomic E-state index is 12.3. The van der Waals surface area contributed by atoms with E-state index in [-0.39, 0.29) is 17.7 Å². The number of carbonyl (C=O) groups is 2. The van der Waals surface area contributed by atoms with Gasteiger partial charge in [0.15, 0.2) is 11.8 Å². The molecule has 4 nitrogen and oxygen atoms in total. The van der Waals surface area contributed by atoms with Crippen molar-refractivity contribution in [2.75, 3.05) is 12.4 Å². The average Bonchev–Trinajstić information content (AvgIpc) is 2.92. The summed E-state index contributed by atoms with van der Waals surface area (Å²) in [6.45, 7) is 4.16. The molecule has 0 saturated heterocycles. The first-order valence-electron chi connectivity index (χ1n) is 7.35. The van der Waals surface area contributed by atoms with Crippen LogP contribution in [0.1, 0.15) is 29.1 Å². The monoisotopic (exact) mass is 351 g/mol. The Bertz CT molecular complexity index is 697. The molecule has 2 aromatic rings. The number of thiophene rings is 1. The smallest absolute Gasteiger partial charge is 0.282 e. The fraction of sp³-hybridized carbons (Fsp3) is 0.294. The van der Waals surface area contributed by atoms with Crippen molar-refractivity contribution < 1.29 is 14.5 Å². The minimum absolute atomic E-state index is 0.00929. The summed E-state index contributed by atoms with van der Waals surface area (Å²) < 4.78 is 0.760. The molecule has 2 rings (SSSR count). The Morgan fingerprint density at radius 1 is 1.22 bits per heavy atom. The minimum Gasteiger partial charge on any atom is -0.323 e. The second-order valence-corrected chi connectivity index (χ2v) is 7.37. The van der Waals surface area contributed by atoms with Crippen molar-refractivity contribution in [1.82, 2.24) is 0 Å². The predicted molar refractivity (Wildman–Crippen MR) is 94.5 cm³/mol. The first-order chi connectivity index (χ1) is 10.9. The van der Waals surface area contributed by atoms with Gasteiger partial charge >= 0.3 is 0 Å². The van der Waals surface area contributed by atoms with Crippen LogP contribution in [-0.2, 0) is 11.3 Å². The number of nitrogens with one attached hydrogen (secondary N) is 2. The van der Waals surface area contributed by atoms with Crippen molar-refractivity contribution in [3.05, 3.63) is 51.2 Å². The lowest BCUT2D eigenvalue weighted by Gasteiger charge is -2.20. The maximum atomic E-state index is 12.3. The molecule has 0 aliphatic heterocycles. The summed E-state index contributed by atoms with van der Waals surface area (Å²) in [4.78, 5) is 25.8. The molecule has 2 atom stereocenters. The molecule has 122 valence electrons. The van der Waals surface area contributed by atoms with Crippen molar-refractivity contribution >= 4 is 40.3 Å². The van der Waals surface area contributed by atoms with E-state index in [0.29, 0.717) is 11.3 Å². The summed E-state index contributed by atoms with van der Waals surface area (Å²) in [5, 5.41) is 2.89. The number of hydrogen-bond acceptors (Lipinski definition) is 3. The summed E-state index contributed by atoms with van der Waals surface area (Å²) >= 11 is 7.47. The van der Waals surface area contributed by atoms with E-state index in [2.05, 4.69) is 5.32 Å². The van der Waals surface area contributed by atoms with Gasteiger partial charge in [0.05, 0.1) is 16.3 Å². The number of anilines is 1. The van der Waals surface area contributed by atoms with E-state index in [1.165, 1.54) is 18.3 Å². The normalized spacial score (nSPS) is 13.4. The standard InChI is InChI=1S/C17H19ClN2O2S/c1-11(20(3)10-15-8-9-16(18)23-15)17(22)19-14-6-4-13(5-7-14)12(2)21/h4-9,11H,10H2,1-3H3,(H,19,22)/p+1/t11-/m0/s1. The Hall–Kier alpha value is -1.69. The van der Waals surface area contributed by atoms with Crippen LogP contribution < -0.4 is 10.2 Å². The van der Waals surface area contributed by atoms with Crippen molar-refractivity contribution in [2.24, 2.45) is 0 Å². The van der Waals surface area contributed by atoms with Gasteiger partial charge in [-0.15, -0.1) is 11.3 Å². The van der Waals surface area contributed by atoms with Crippen LogP contribution in [0.2, 0.25) is 4.34 Å². The predicted octanol–water partition coefficient (Wildman–Crippen LogP) is 2.65. The van der Waals surface area contributed by atoms with E-state index < -0.39 is 0 Å². The van der Waals surface area contributed by atoms with E-state index in [9.17, 15) is 9.59 Å². The number of amides is 1. The van der Waals surface area contributed by atoms with Gasteiger partial charge in [-0.05, 0) is 50.2 Å². The van der Waals surface area contributed by atoms with Gasteiger partial charge in [0.25, 0.3) is 5.91 Å². The third kappa shape index (κ3) is 4.89. The maximum Gasteiger partial charge on any atom is 0.282 e. The third-order valence-corrected chi connectivity index (χ3v) is 5.00. The van der Waals surface area contributed by atoms with Gasteiger partial charge in [0.2, 0.25) is 0 Å². The fourth-order valence-corrected chi connectivity index (χ4v) is 3.32. The zero-order valence-corrected chi connectivity index (χ0v) is 14.9.